The van der Waals surface area contributed by atoms with Crippen molar-refractivity contribution in [2.45, 2.75) is 46.1 Å². The van der Waals surface area contributed by atoms with Crippen LogP contribution < -0.4 is 5.32 Å². The molecule has 1 saturated heterocycles. The van der Waals surface area contributed by atoms with Crippen LogP contribution >= 0.6 is 0 Å². The normalized spacial score (nSPS) is 19.9. The molecule has 0 saturated carbocycles. The Morgan fingerprint density at radius 1 is 1.16 bits per heavy atom. The maximum absolute atomic E-state index is 3.50. The van der Waals surface area contributed by atoms with Gasteiger partial charge in [-0.15, -0.1) is 0 Å². The molecule has 19 heavy (non-hydrogen) atoms. The Balaban J connectivity index is 1.92. The highest BCUT2D eigenvalue weighted by molar-refractivity contribution is 5.36. The van der Waals surface area contributed by atoms with Gasteiger partial charge in [-0.05, 0) is 75.9 Å². The van der Waals surface area contributed by atoms with Gasteiger partial charge in [0.05, 0.1) is 0 Å². The van der Waals surface area contributed by atoms with Crippen LogP contribution in [-0.2, 0) is 6.42 Å². The lowest BCUT2D eigenvalue weighted by Crippen LogP contribution is -2.44. The van der Waals surface area contributed by atoms with Gasteiger partial charge in [-0.2, -0.15) is 0 Å². The molecule has 0 radical (unpaired) electrons. The molecule has 1 aliphatic heterocycles. The van der Waals surface area contributed by atoms with Gasteiger partial charge in [0.15, 0.2) is 0 Å². The van der Waals surface area contributed by atoms with Crippen LogP contribution in [0.5, 0.6) is 0 Å². The molecule has 1 atom stereocenters. The maximum Gasteiger partial charge on any atom is 0.0218 e. The molecule has 0 aliphatic carbocycles. The van der Waals surface area contributed by atoms with E-state index in [0.29, 0.717) is 0 Å². The van der Waals surface area contributed by atoms with Gasteiger partial charge in [0, 0.05) is 19.1 Å². The van der Waals surface area contributed by atoms with Crippen LogP contribution in [0.3, 0.4) is 0 Å². The van der Waals surface area contributed by atoms with Gasteiger partial charge in [-0.3, -0.25) is 0 Å². The third-order valence-electron chi connectivity index (χ3n) is 4.58. The van der Waals surface area contributed by atoms with Crippen LogP contribution in [0.1, 0.15) is 35.1 Å². The van der Waals surface area contributed by atoms with E-state index in [4.69, 9.17) is 0 Å². The first-order valence-corrected chi connectivity index (χ1v) is 7.55. The van der Waals surface area contributed by atoms with Crippen LogP contribution in [0.25, 0.3) is 0 Å². The summed E-state index contributed by atoms with van der Waals surface area (Å²) in [5.74, 6) is 0. The van der Waals surface area contributed by atoms with Crippen molar-refractivity contribution in [2.24, 2.45) is 0 Å². The lowest BCUT2D eigenvalue weighted by atomic mass is 9.98. The second-order valence-corrected chi connectivity index (χ2v) is 6.09. The van der Waals surface area contributed by atoms with Crippen LogP contribution in [0.2, 0.25) is 0 Å². The number of hydrogen-bond acceptors (Lipinski definition) is 2. The second-order valence-electron chi connectivity index (χ2n) is 6.09. The standard InChI is InChI=1S/C17H28N2/c1-13-10-15(3)16(11-14(13)2)7-9-19(4)17-6-5-8-18-12-17/h10-11,17-18H,5-9,12H2,1-4H3. The van der Waals surface area contributed by atoms with Crippen LogP contribution in [-0.4, -0.2) is 37.6 Å². The Labute approximate surface area is 118 Å². The summed E-state index contributed by atoms with van der Waals surface area (Å²) in [6, 6.07) is 5.42. The Hall–Kier alpha value is -0.860. The first-order chi connectivity index (χ1) is 9.08. The molecule has 1 heterocycles. The number of hydrogen-bond donors (Lipinski definition) is 1. The van der Waals surface area contributed by atoms with Gasteiger partial charge in [-0.1, -0.05) is 12.1 Å². The van der Waals surface area contributed by atoms with Crippen LogP contribution in [0, 0.1) is 20.8 Å². The summed E-state index contributed by atoms with van der Waals surface area (Å²) in [6.45, 7) is 10.2. The Kier molecular flexibility index (Phi) is 5.00. The number of benzene rings is 1. The Morgan fingerprint density at radius 2 is 1.89 bits per heavy atom. The molecule has 0 spiro atoms. The average Bonchev–Trinajstić information content (AvgIpc) is 2.42. The summed E-state index contributed by atoms with van der Waals surface area (Å²) in [7, 11) is 2.27. The first kappa shape index (κ1) is 14.5. The summed E-state index contributed by atoms with van der Waals surface area (Å²) in [5, 5.41) is 3.50. The van der Waals surface area contributed by atoms with Crippen molar-refractivity contribution in [3.8, 4) is 0 Å². The van der Waals surface area contributed by atoms with Gasteiger partial charge in [-0.25, -0.2) is 0 Å². The molecule has 0 aromatic heterocycles. The van der Waals surface area contributed by atoms with E-state index >= 15 is 0 Å². The predicted molar refractivity (Wildman–Crippen MR) is 82.9 cm³/mol. The third-order valence-corrected chi connectivity index (χ3v) is 4.58. The molecule has 1 aromatic rings. The number of likely N-dealkylation sites (N-methyl/N-ethyl adjacent to an activating group) is 1. The zero-order valence-electron chi connectivity index (χ0n) is 12.9. The zero-order valence-corrected chi connectivity index (χ0v) is 12.9. The van der Waals surface area contributed by atoms with E-state index in [1.54, 1.807) is 0 Å². The van der Waals surface area contributed by atoms with Gasteiger partial charge in [0.1, 0.15) is 0 Å². The van der Waals surface area contributed by atoms with Crippen molar-refractivity contribution in [1.82, 2.24) is 10.2 Å². The Morgan fingerprint density at radius 3 is 2.58 bits per heavy atom. The molecule has 1 aliphatic rings. The SMILES string of the molecule is Cc1cc(C)c(CCN(C)C2CCCNC2)cc1C. The van der Waals surface area contributed by atoms with Crippen LogP contribution in [0.15, 0.2) is 12.1 Å². The summed E-state index contributed by atoms with van der Waals surface area (Å²) in [6.07, 6.45) is 3.83. The monoisotopic (exact) mass is 260 g/mol. The van der Waals surface area contributed by atoms with E-state index < -0.39 is 0 Å². The number of rotatable bonds is 4. The molecule has 106 valence electrons. The topological polar surface area (TPSA) is 15.3 Å². The number of aryl methyl sites for hydroxylation is 3. The fourth-order valence-electron chi connectivity index (χ4n) is 2.98. The fourth-order valence-corrected chi connectivity index (χ4v) is 2.98. The minimum atomic E-state index is 0.723. The van der Waals surface area contributed by atoms with Crippen molar-refractivity contribution in [1.29, 1.82) is 0 Å². The summed E-state index contributed by atoms with van der Waals surface area (Å²) < 4.78 is 0. The second kappa shape index (κ2) is 6.53. The van der Waals surface area contributed by atoms with E-state index in [1.165, 1.54) is 48.1 Å². The predicted octanol–water partition coefficient (Wildman–Crippen LogP) is 2.84. The van der Waals surface area contributed by atoms with Crippen molar-refractivity contribution in [3.05, 3.63) is 34.4 Å². The van der Waals surface area contributed by atoms with Crippen molar-refractivity contribution in [2.75, 3.05) is 26.7 Å². The molecule has 0 amide bonds. The van der Waals surface area contributed by atoms with E-state index in [-0.39, 0.29) is 0 Å². The molecule has 1 N–H and O–H groups in total. The number of piperidine rings is 1. The highest BCUT2D eigenvalue weighted by Crippen LogP contribution is 2.17. The van der Waals surface area contributed by atoms with Gasteiger partial charge < -0.3 is 10.2 Å². The third kappa shape index (κ3) is 3.80. The van der Waals surface area contributed by atoms with Crippen molar-refractivity contribution < 1.29 is 0 Å². The fraction of sp³-hybridized carbons (Fsp3) is 0.647. The maximum atomic E-state index is 3.50. The summed E-state index contributed by atoms with van der Waals surface area (Å²) in [4.78, 5) is 2.53. The lowest BCUT2D eigenvalue weighted by molar-refractivity contribution is 0.205. The van der Waals surface area contributed by atoms with E-state index in [2.05, 4.69) is 50.2 Å². The largest absolute Gasteiger partial charge is 0.315 e. The van der Waals surface area contributed by atoms with Crippen molar-refractivity contribution in [3.63, 3.8) is 0 Å². The zero-order chi connectivity index (χ0) is 13.8. The average molecular weight is 260 g/mol. The molecule has 0 bridgehead atoms. The molecule has 2 rings (SSSR count). The molecule has 1 aromatic carbocycles. The van der Waals surface area contributed by atoms with Crippen LogP contribution in [0.4, 0.5) is 0 Å². The number of nitrogens with one attached hydrogen (secondary N) is 1. The van der Waals surface area contributed by atoms with Gasteiger partial charge in [0.2, 0.25) is 0 Å². The highest BCUT2D eigenvalue weighted by atomic mass is 15.2. The highest BCUT2D eigenvalue weighted by Gasteiger charge is 2.17. The molecule has 1 unspecified atom stereocenters. The minimum Gasteiger partial charge on any atom is -0.315 e. The lowest BCUT2D eigenvalue weighted by Gasteiger charge is -2.31. The quantitative estimate of drug-likeness (QED) is 0.895. The van der Waals surface area contributed by atoms with E-state index in [9.17, 15) is 0 Å². The smallest absolute Gasteiger partial charge is 0.0218 e. The Bertz CT molecular complexity index is 420. The first-order valence-electron chi connectivity index (χ1n) is 7.55. The summed E-state index contributed by atoms with van der Waals surface area (Å²) >= 11 is 0. The van der Waals surface area contributed by atoms with Crippen molar-refractivity contribution >= 4 is 0 Å². The minimum absolute atomic E-state index is 0.723. The van der Waals surface area contributed by atoms with Gasteiger partial charge in [0.25, 0.3) is 0 Å². The molecular weight excluding hydrogens is 232 g/mol. The van der Waals surface area contributed by atoms with E-state index in [1.807, 2.05) is 0 Å². The molecular formula is C17H28N2. The number of nitrogens with zero attached hydrogens (tertiary/aromatic N) is 1. The molecule has 2 nitrogen and oxygen atoms in total. The summed E-state index contributed by atoms with van der Waals surface area (Å²) in [5.41, 5.74) is 5.78. The molecule has 1 fully saturated rings. The van der Waals surface area contributed by atoms with Gasteiger partial charge >= 0.3 is 0 Å². The van der Waals surface area contributed by atoms with E-state index in [0.717, 1.165) is 19.1 Å². The molecule has 2 heteroatoms.